The lowest BCUT2D eigenvalue weighted by molar-refractivity contribution is 0.0247. The zero-order chi connectivity index (χ0) is 9.40. The van der Waals surface area contributed by atoms with E-state index in [1.165, 1.54) is 25.7 Å². The van der Waals surface area contributed by atoms with Gasteiger partial charge in [-0.3, -0.25) is 0 Å². The Labute approximate surface area is 75.6 Å². The van der Waals surface area contributed by atoms with Crippen LogP contribution in [0, 0.1) is 0 Å². The third kappa shape index (κ3) is 6.62. The maximum Gasteiger partial charge on any atom is 0.0796 e. The highest BCUT2D eigenvalue weighted by molar-refractivity contribution is 4.61. The van der Waals surface area contributed by atoms with Crippen LogP contribution in [0.2, 0.25) is 0 Å². The van der Waals surface area contributed by atoms with Gasteiger partial charge in [-0.15, -0.1) is 0 Å². The number of hydrogen-bond acceptors (Lipinski definition) is 2. The SMILES string of the molecule is CCCCCCC[C@H](O)[C@H](C)O. The number of unbranched alkanes of at least 4 members (excludes halogenated alkanes) is 4. The third-order valence-electron chi connectivity index (χ3n) is 2.16. The van der Waals surface area contributed by atoms with Gasteiger partial charge < -0.3 is 10.2 Å². The summed E-state index contributed by atoms with van der Waals surface area (Å²) in [5.74, 6) is 0. The Hall–Kier alpha value is -0.0800. The van der Waals surface area contributed by atoms with Gasteiger partial charge >= 0.3 is 0 Å². The Morgan fingerprint density at radius 2 is 1.58 bits per heavy atom. The molecule has 0 aromatic rings. The summed E-state index contributed by atoms with van der Waals surface area (Å²) in [7, 11) is 0. The van der Waals surface area contributed by atoms with Gasteiger partial charge in [-0.1, -0.05) is 39.0 Å². The first kappa shape index (κ1) is 11.9. The monoisotopic (exact) mass is 174 g/mol. The van der Waals surface area contributed by atoms with Crippen LogP contribution in [0.3, 0.4) is 0 Å². The molecule has 2 nitrogen and oxygen atoms in total. The smallest absolute Gasteiger partial charge is 0.0796 e. The molecule has 0 aliphatic carbocycles. The van der Waals surface area contributed by atoms with Gasteiger partial charge in [0, 0.05) is 0 Å². The van der Waals surface area contributed by atoms with E-state index in [-0.39, 0.29) is 0 Å². The van der Waals surface area contributed by atoms with Crippen molar-refractivity contribution in [2.45, 2.75) is 64.6 Å². The highest BCUT2D eigenvalue weighted by atomic mass is 16.3. The zero-order valence-corrected chi connectivity index (χ0v) is 8.29. The minimum atomic E-state index is -0.573. The summed E-state index contributed by atoms with van der Waals surface area (Å²) in [6.45, 7) is 3.82. The molecule has 0 aromatic carbocycles. The summed E-state index contributed by atoms with van der Waals surface area (Å²) in [5.41, 5.74) is 0. The van der Waals surface area contributed by atoms with E-state index in [4.69, 9.17) is 5.11 Å². The number of hydrogen-bond donors (Lipinski definition) is 2. The highest BCUT2D eigenvalue weighted by Gasteiger charge is 2.09. The molecule has 0 bridgehead atoms. The van der Waals surface area contributed by atoms with Crippen LogP contribution in [0.5, 0.6) is 0 Å². The quantitative estimate of drug-likeness (QED) is 0.580. The second-order valence-corrected chi connectivity index (χ2v) is 3.51. The Morgan fingerprint density at radius 3 is 2.08 bits per heavy atom. The third-order valence-corrected chi connectivity index (χ3v) is 2.16. The molecule has 0 unspecified atom stereocenters. The fourth-order valence-electron chi connectivity index (χ4n) is 1.20. The summed E-state index contributed by atoms with van der Waals surface area (Å²) < 4.78 is 0. The van der Waals surface area contributed by atoms with Gasteiger partial charge in [0.25, 0.3) is 0 Å². The predicted octanol–water partition coefficient (Wildman–Crippen LogP) is 2.09. The topological polar surface area (TPSA) is 40.5 Å². The van der Waals surface area contributed by atoms with E-state index in [2.05, 4.69) is 6.92 Å². The molecule has 0 rings (SSSR count). The Bertz CT molecular complexity index is 91.8. The van der Waals surface area contributed by atoms with Crippen molar-refractivity contribution < 1.29 is 10.2 Å². The molecule has 12 heavy (non-hydrogen) atoms. The molecule has 2 N–H and O–H groups in total. The van der Waals surface area contributed by atoms with Crippen LogP contribution < -0.4 is 0 Å². The lowest BCUT2D eigenvalue weighted by Crippen LogP contribution is -2.21. The van der Waals surface area contributed by atoms with Crippen LogP contribution in [-0.4, -0.2) is 22.4 Å². The molecule has 74 valence electrons. The standard InChI is InChI=1S/C10H22O2/c1-3-4-5-6-7-8-10(12)9(2)11/h9-12H,3-8H2,1-2H3/t9-,10-/m0/s1. The van der Waals surface area contributed by atoms with Crippen LogP contribution >= 0.6 is 0 Å². The highest BCUT2D eigenvalue weighted by Crippen LogP contribution is 2.08. The fraction of sp³-hybridized carbons (Fsp3) is 1.00. The van der Waals surface area contributed by atoms with Crippen molar-refractivity contribution in [3.63, 3.8) is 0 Å². The van der Waals surface area contributed by atoms with Crippen molar-refractivity contribution >= 4 is 0 Å². The molecule has 0 fully saturated rings. The normalized spacial score (nSPS) is 16.0. The average Bonchev–Trinajstić information content (AvgIpc) is 2.03. The van der Waals surface area contributed by atoms with E-state index < -0.39 is 12.2 Å². The van der Waals surface area contributed by atoms with Crippen LogP contribution in [0.15, 0.2) is 0 Å². The van der Waals surface area contributed by atoms with Gasteiger partial charge in [0.2, 0.25) is 0 Å². The van der Waals surface area contributed by atoms with Gasteiger partial charge in [0.15, 0.2) is 0 Å². The minimum Gasteiger partial charge on any atom is -0.391 e. The van der Waals surface area contributed by atoms with Crippen molar-refractivity contribution in [3.8, 4) is 0 Å². The second kappa shape index (κ2) is 7.56. The van der Waals surface area contributed by atoms with E-state index in [1.54, 1.807) is 6.92 Å². The lowest BCUT2D eigenvalue weighted by Gasteiger charge is -2.12. The Morgan fingerprint density at radius 1 is 1.00 bits per heavy atom. The first-order chi connectivity index (χ1) is 5.68. The molecule has 2 atom stereocenters. The van der Waals surface area contributed by atoms with E-state index in [0.717, 1.165) is 12.8 Å². The largest absolute Gasteiger partial charge is 0.391 e. The zero-order valence-electron chi connectivity index (χ0n) is 8.29. The first-order valence-electron chi connectivity index (χ1n) is 5.04. The van der Waals surface area contributed by atoms with Gasteiger partial charge in [0.05, 0.1) is 12.2 Å². The molecule has 2 heteroatoms. The van der Waals surface area contributed by atoms with Crippen LogP contribution in [0.1, 0.15) is 52.4 Å². The number of aliphatic hydroxyl groups excluding tert-OH is 2. The number of aliphatic hydroxyl groups is 2. The molecule has 0 spiro atoms. The van der Waals surface area contributed by atoms with Crippen molar-refractivity contribution in [1.82, 2.24) is 0 Å². The molecule has 0 aliphatic rings. The van der Waals surface area contributed by atoms with Crippen LogP contribution in [0.4, 0.5) is 0 Å². The van der Waals surface area contributed by atoms with E-state index in [1.807, 2.05) is 0 Å². The molecule has 0 radical (unpaired) electrons. The van der Waals surface area contributed by atoms with Gasteiger partial charge in [-0.05, 0) is 13.3 Å². The summed E-state index contributed by atoms with van der Waals surface area (Å²) in [5, 5.41) is 18.2. The van der Waals surface area contributed by atoms with Crippen LogP contribution in [-0.2, 0) is 0 Å². The van der Waals surface area contributed by atoms with E-state index in [9.17, 15) is 5.11 Å². The summed E-state index contributed by atoms with van der Waals surface area (Å²) in [4.78, 5) is 0. The van der Waals surface area contributed by atoms with Crippen molar-refractivity contribution in [2.75, 3.05) is 0 Å². The van der Waals surface area contributed by atoms with E-state index >= 15 is 0 Å². The van der Waals surface area contributed by atoms with Crippen LogP contribution in [0.25, 0.3) is 0 Å². The summed E-state index contributed by atoms with van der Waals surface area (Å²) in [6, 6.07) is 0. The first-order valence-corrected chi connectivity index (χ1v) is 5.04. The maximum absolute atomic E-state index is 9.23. The molecule has 0 heterocycles. The van der Waals surface area contributed by atoms with E-state index in [0.29, 0.717) is 0 Å². The van der Waals surface area contributed by atoms with Crippen molar-refractivity contribution in [1.29, 1.82) is 0 Å². The lowest BCUT2D eigenvalue weighted by atomic mass is 10.1. The summed E-state index contributed by atoms with van der Waals surface area (Å²) >= 11 is 0. The molecular formula is C10H22O2. The summed E-state index contributed by atoms with van der Waals surface area (Å²) in [6.07, 6.45) is 5.64. The van der Waals surface area contributed by atoms with Gasteiger partial charge in [-0.2, -0.15) is 0 Å². The van der Waals surface area contributed by atoms with Crippen molar-refractivity contribution in [2.24, 2.45) is 0 Å². The van der Waals surface area contributed by atoms with Crippen molar-refractivity contribution in [3.05, 3.63) is 0 Å². The molecule has 0 saturated heterocycles. The molecule has 0 saturated carbocycles. The van der Waals surface area contributed by atoms with Gasteiger partial charge in [0.1, 0.15) is 0 Å². The second-order valence-electron chi connectivity index (χ2n) is 3.51. The Kier molecular flexibility index (Phi) is 7.51. The fourth-order valence-corrected chi connectivity index (χ4v) is 1.20. The molecule has 0 aliphatic heterocycles. The molecule has 0 amide bonds. The number of rotatable bonds is 7. The predicted molar refractivity (Wildman–Crippen MR) is 51.1 cm³/mol. The Balaban J connectivity index is 3.08. The molecule has 0 aromatic heterocycles. The minimum absolute atomic E-state index is 0.522. The average molecular weight is 174 g/mol. The van der Waals surface area contributed by atoms with Gasteiger partial charge in [-0.25, -0.2) is 0 Å². The molecular weight excluding hydrogens is 152 g/mol. The maximum atomic E-state index is 9.23.